The van der Waals surface area contributed by atoms with Crippen LogP contribution in [0.15, 0.2) is 18.3 Å². The van der Waals surface area contributed by atoms with E-state index in [4.69, 9.17) is 11.6 Å². The molecule has 2 heterocycles. The fourth-order valence-corrected chi connectivity index (χ4v) is 3.53. The van der Waals surface area contributed by atoms with Crippen molar-refractivity contribution in [3.8, 4) is 0 Å². The molecule has 0 aliphatic carbocycles. The number of hydrogen-bond donors (Lipinski definition) is 1. The molecule has 0 amide bonds. The maximum absolute atomic E-state index is 5.84. The Labute approximate surface area is 115 Å². The SMILES string of the molecule is Cc1ccc(CC(C)NCc2ncc(Cl)s2)s1. The Bertz CT molecular complexity index is 478. The van der Waals surface area contributed by atoms with Gasteiger partial charge in [-0.1, -0.05) is 11.6 Å². The molecular formula is C12H15ClN2S2. The van der Waals surface area contributed by atoms with Crippen LogP contribution in [0.3, 0.4) is 0 Å². The van der Waals surface area contributed by atoms with Crippen LogP contribution in [0.2, 0.25) is 4.34 Å². The highest BCUT2D eigenvalue weighted by Crippen LogP contribution is 2.19. The van der Waals surface area contributed by atoms with Gasteiger partial charge in [-0.25, -0.2) is 4.98 Å². The minimum atomic E-state index is 0.454. The molecule has 0 aromatic carbocycles. The van der Waals surface area contributed by atoms with E-state index in [0.717, 1.165) is 22.3 Å². The van der Waals surface area contributed by atoms with Crippen LogP contribution in [-0.4, -0.2) is 11.0 Å². The third-order valence-corrected chi connectivity index (χ3v) is 4.57. The molecule has 2 nitrogen and oxygen atoms in total. The van der Waals surface area contributed by atoms with Crippen molar-refractivity contribution in [2.45, 2.75) is 32.9 Å². The average molecular weight is 287 g/mol. The highest BCUT2D eigenvalue weighted by Gasteiger charge is 2.06. The summed E-state index contributed by atoms with van der Waals surface area (Å²) in [6.45, 7) is 5.14. The summed E-state index contributed by atoms with van der Waals surface area (Å²) in [5, 5.41) is 4.51. The number of rotatable bonds is 5. The first-order chi connectivity index (χ1) is 8.13. The van der Waals surface area contributed by atoms with E-state index in [1.807, 2.05) is 11.3 Å². The third-order valence-electron chi connectivity index (χ3n) is 2.43. The first-order valence-electron chi connectivity index (χ1n) is 5.52. The minimum absolute atomic E-state index is 0.454. The van der Waals surface area contributed by atoms with Crippen molar-refractivity contribution in [1.82, 2.24) is 10.3 Å². The van der Waals surface area contributed by atoms with Crippen molar-refractivity contribution in [1.29, 1.82) is 0 Å². The van der Waals surface area contributed by atoms with E-state index in [9.17, 15) is 0 Å². The second-order valence-electron chi connectivity index (χ2n) is 4.06. The van der Waals surface area contributed by atoms with Crippen molar-refractivity contribution >= 4 is 34.3 Å². The third kappa shape index (κ3) is 4.07. The van der Waals surface area contributed by atoms with Crippen molar-refractivity contribution in [3.05, 3.63) is 37.4 Å². The standard InChI is InChI=1S/C12H15ClN2S2/c1-8(5-10-4-3-9(2)16-10)14-7-12-15-6-11(13)17-12/h3-4,6,8,14H,5,7H2,1-2H3. The van der Waals surface area contributed by atoms with Gasteiger partial charge in [-0.15, -0.1) is 22.7 Å². The van der Waals surface area contributed by atoms with Crippen LogP contribution in [0, 0.1) is 6.92 Å². The van der Waals surface area contributed by atoms with E-state index in [1.54, 1.807) is 6.20 Å². The summed E-state index contributed by atoms with van der Waals surface area (Å²) >= 11 is 9.24. The molecule has 0 saturated carbocycles. The van der Waals surface area contributed by atoms with Crippen LogP contribution in [0.4, 0.5) is 0 Å². The summed E-state index contributed by atoms with van der Waals surface area (Å²) in [6.07, 6.45) is 2.77. The monoisotopic (exact) mass is 286 g/mol. The Morgan fingerprint density at radius 2 is 2.24 bits per heavy atom. The van der Waals surface area contributed by atoms with Gasteiger partial charge in [-0.3, -0.25) is 0 Å². The topological polar surface area (TPSA) is 24.9 Å². The lowest BCUT2D eigenvalue weighted by atomic mass is 10.2. The van der Waals surface area contributed by atoms with Crippen molar-refractivity contribution < 1.29 is 0 Å². The molecule has 1 atom stereocenters. The molecule has 2 aromatic heterocycles. The molecule has 0 aliphatic heterocycles. The molecule has 0 radical (unpaired) electrons. The average Bonchev–Trinajstić information content (AvgIpc) is 2.85. The first kappa shape index (κ1) is 13.0. The predicted molar refractivity (Wildman–Crippen MR) is 76.2 cm³/mol. The minimum Gasteiger partial charge on any atom is -0.308 e. The Kier molecular flexibility index (Phi) is 4.56. The molecule has 2 aromatic rings. The molecule has 0 saturated heterocycles. The number of halogens is 1. The number of thiazole rings is 1. The Hall–Kier alpha value is -0.420. The Balaban J connectivity index is 1.79. The number of thiophene rings is 1. The summed E-state index contributed by atoms with van der Waals surface area (Å²) in [7, 11) is 0. The van der Waals surface area contributed by atoms with Crippen molar-refractivity contribution in [2.24, 2.45) is 0 Å². The largest absolute Gasteiger partial charge is 0.308 e. The highest BCUT2D eigenvalue weighted by atomic mass is 35.5. The number of aryl methyl sites for hydroxylation is 1. The van der Waals surface area contributed by atoms with Gasteiger partial charge in [0, 0.05) is 22.3 Å². The lowest BCUT2D eigenvalue weighted by Gasteiger charge is -2.11. The van der Waals surface area contributed by atoms with Crippen LogP contribution in [-0.2, 0) is 13.0 Å². The second kappa shape index (κ2) is 5.96. The molecule has 92 valence electrons. The predicted octanol–water partition coefficient (Wildman–Crippen LogP) is 3.89. The molecule has 0 fully saturated rings. The number of nitrogens with zero attached hydrogens (tertiary/aromatic N) is 1. The smallest absolute Gasteiger partial charge is 0.113 e. The summed E-state index contributed by atoms with van der Waals surface area (Å²) in [6, 6.07) is 4.84. The summed E-state index contributed by atoms with van der Waals surface area (Å²) in [5.74, 6) is 0. The van der Waals surface area contributed by atoms with Gasteiger partial charge in [0.15, 0.2) is 0 Å². The molecule has 17 heavy (non-hydrogen) atoms. The summed E-state index contributed by atoms with van der Waals surface area (Å²) in [4.78, 5) is 7.03. The van der Waals surface area contributed by atoms with Gasteiger partial charge in [0.2, 0.25) is 0 Å². The van der Waals surface area contributed by atoms with Crippen LogP contribution >= 0.6 is 34.3 Å². The lowest BCUT2D eigenvalue weighted by Crippen LogP contribution is -2.27. The van der Waals surface area contributed by atoms with Gasteiger partial charge in [0.1, 0.15) is 9.34 Å². The van der Waals surface area contributed by atoms with E-state index < -0.39 is 0 Å². The molecular weight excluding hydrogens is 272 g/mol. The van der Waals surface area contributed by atoms with Gasteiger partial charge < -0.3 is 5.32 Å². The molecule has 0 spiro atoms. The number of hydrogen-bond acceptors (Lipinski definition) is 4. The quantitative estimate of drug-likeness (QED) is 0.902. The Morgan fingerprint density at radius 3 is 2.82 bits per heavy atom. The van der Waals surface area contributed by atoms with Crippen LogP contribution in [0.5, 0.6) is 0 Å². The molecule has 1 unspecified atom stereocenters. The zero-order chi connectivity index (χ0) is 12.3. The van der Waals surface area contributed by atoms with Gasteiger partial charge in [0.25, 0.3) is 0 Å². The van der Waals surface area contributed by atoms with Gasteiger partial charge in [-0.05, 0) is 32.4 Å². The van der Waals surface area contributed by atoms with E-state index >= 15 is 0 Å². The number of nitrogens with one attached hydrogen (secondary N) is 1. The fourth-order valence-electron chi connectivity index (χ4n) is 1.60. The lowest BCUT2D eigenvalue weighted by molar-refractivity contribution is 0.547. The molecule has 0 aliphatic rings. The zero-order valence-electron chi connectivity index (χ0n) is 9.87. The number of aromatic nitrogens is 1. The molecule has 2 rings (SSSR count). The Morgan fingerprint density at radius 1 is 1.41 bits per heavy atom. The van der Waals surface area contributed by atoms with Crippen LogP contribution in [0.1, 0.15) is 21.7 Å². The van der Waals surface area contributed by atoms with Crippen LogP contribution in [0.25, 0.3) is 0 Å². The van der Waals surface area contributed by atoms with Gasteiger partial charge >= 0.3 is 0 Å². The van der Waals surface area contributed by atoms with E-state index in [0.29, 0.717) is 6.04 Å². The van der Waals surface area contributed by atoms with Crippen molar-refractivity contribution in [3.63, 3.8) is 0 Å². The first-order valence-corrected chi connectivity index (χ1v) is 7.53. The molecule has 5 heteroatoms. The van der Waals surface area contributed by atoms with Gasteiger partial charge in [0.05, 0.1) is 6.20 Å². The second-order valence-corrected chi connectivity index (χ2v) is 7.18. The highest BCUT2D eigenvalue weighted by molar-refractivity contribution is 7.15. The maximum atomic E-state index is 5.84. The van der Waals surface area contributed by atoms with E-state index in [1.165, 1.54) is 21.1 Å². The maximum Gasteiger partial charge on any atom is 0.113 e. The molecule has 1 N–H and O–H groups in total. The normalized spacial score (nSPS) is 12.9. The van der Waals surface area contributed by atoms with Crippen LogP contribution < -0.4 is 5.32 Å². The summed E-state index contributed by atoms with van der Waals surface area (Å²) in [5.41, 5.74) is 0. The zero-order valence-corrected chi connectivity index (χ0v) is 12.3. The fraction of sp³-hybridized carbons (Fsp3) is 0.417. The molecule has 0 bridgehead atoms. The van der Waals surface area contributed by atoms with Crippen molar-refractivity contribution in [2.75, 3.05) is 0 Å². The van der Waals surface area contributed by atoms with E-state index in [-0.39, 0.29) is 0 Å². The summed E-state index contributed by atoms with van der Waals surface area (Å²) < 4.78 is 0.753. The van der Waals surface area contributed by atoms with E-state index in [2.05, 4.69) is 36.3 Å². The van der Waals surface area contributed by atoms with Gasteiger partial charge in [-0.2, -0.15) is 0 Å².